The lowest BCUT2D eigenvalue weighted by molar-refractivity contribution is 0.111. The summed E-state index contributed by atoms with van der Waals surface area (Å²) in [6, 6.07) is 1.58. The van der Waals surface area contributed by atoms with E-state index in [1.54, 1.807) is 0 Å². The molecule has 2 heterocycles. The lowest BCUT2D eigenvalue weighted by Gasteiger charge is -2.36. The summed E-state index contributed by atoms with van der Waals surface area (Å²) in [4.78, 5) is 7.79. The van der Waals surface area contributed by atoms with Gasteiger partial charge < -0.3 is 5.73 Å². The third kappa shape index (κ3) is 5.66. The second kappa shape index (κ2) is 10.2. The highest BCUT2D eigenvalue weighted by Crippen LogP contribution is 2.22. The van der Waals surface area contributed by atoms with Gasteiger partial charge in [-0.25, -0.2) is 0 Å². The van der Waals surface area contributed by atoms with Gasteiger partial charge in [0.25, 0.3) is 0 Å². The predicted molar refractivity (Wildman–Crippen MR) is 91.3 cm³/mol. The van der Waals surface area contributed by atoms with Crippen molar-refractivity contribution in [1.29, 1.82) is 0 Å². The van der Waals surface area contributed by atoms with Gasteiger partial charge in [-0.1, -0.05) is 0 Å². The van der Waals surface area contributed by atoms with E-state index in [0.29, 0.717) is 0 Å². The SMILES string of the molecule is CC1CCC(C)N1CCN1CCN(CCN)CC1.Cl.Cl. The number of piperazine rings is 1. The number of halogens is 2. The second-order valence-electron chi connectivity index (χ2n) is 5.99. The molecule has 0 spiro atoms. The molecule has 122 valence electrons. The predicted octanol–water partition coefficient (Wildman–Crippen LogP) is 1.28. The summed E-state index contributed by atoms with van der Waals surface area (Å²) in [5.41, 5.74) is 5.60. The van der Waals surface area contributed by atoms with Crippen LogP contribution in [0.3, 0.4) is 0 Å². The van der Waals surface area contributed by atoms with E-state index >= 15 is 0 Å². The first-order valence-electron chi connectivity index (χ1n) is 7.61. The molecule has 0 aromatic carbocycles. The number of hydrogen-bond acceptors (Lipinski definition) is 4. The average molecular weight is 327 g/mol. The zero-order valence-electron chi connectivity index (χ0n) is 13.0. The Labute approximate surface area is 136 Å². The van der Waals surface area contributed by atoms with E-state index in [2.05, 4.69) is 28.5 Å². The van der Waals surface area contributed by atoms with Gasteiger partial charge in [0.05, 0.1) is 0 Å². The van der Waals surface area contributed by atoms with Crippen molar-refractivity contribution in [3.05, 3.63) is 0 Å². The van der Waals surface area contributed by atoms with Crippen molar-refractivity contribution in [3.8, 4) is 0 Å². The number of likely N-dealkylation sites (tertiary alicyclic amines) is 1. The monoisotopic (exact) mass is 326 g/mol. The summed E-state index contributed by atoms with van der Waals surface area (Å²) in [5.74, 6) is 0. The average Bonchev–Trinajstić information content (AvgIpc) is 2.69. The Morgan fingerprint density at radius 1 is 0.800 bits per heavy atom. The quantitative estimate of drug-likeness (QED) is 0.825. The van der Waals surface area contributed by atoms with Crippen LogP contribution in [0.4, 0.5) is 0 Å². The van der Waals surface area contributed by atoms with Crippen molar-refractivity contribution < 1.29 is 0 Å². The Morgan fingerprint density at radius 3 is 1.70 bits per heavy atom. The Bertz CT molecular complexity index is 237. The molecule has 20 heavy (non-hydrogen) atoms. The standard InChI is InChI=1S/C14H30N4.2ClH/c1-13-3-4-14(2)18(13)12-11-17-9-7-16(6-5-15)8-10-17;;/h13-14H,3-12,15H2,1-2H3;2*1H. The Hall–Kier alpha value is 0.420. The molecule has 2 fully saturated rings. The fraction of sp³-hybridized carbons (Fsp3) is 1.00. The molecule has 0 aromatic rings. The van der Waals surface area contributed by atoms with E-state index < -0.39 is 0 Å². The van der Waals surface area contributed by atoms with Gasteiger partial charge in [0.15, 0.2) is 0 Å². The highest BCUT2D eigenvalue weighted by Gasteiger charge is 2.27. The Kier molecular flexibility index (Phi) is 10.4. The summed E-state index contributed by atoms with van der Waals surface area (Å²) >= 11 is 0. The molecule has 0 aromatic heterocycles. The van der Waals surface area contributed by atoms with Crippen LogP contribution in [0.2, 0.25) is 0 Å². The maximum absolute atomic E-state index is 5.60. The molecular formula is C14H32Cl2N4. The molecule has 0 bridgehead atoms. The van der Waals surface area contributed by atoms with E-state index in [0.717, 1.165) is 25.2 Å². The first-order valence-corrected chi connectivity index (χ1v) is 7.61. The zero-order chi connectivity index (χ0) is 13.0. The fourth-order valence-electron chi connectivity index (χ4n) is 3.37. The second-order valence-corrected chi connectivity index (χ2v) is 5.99. The smallest absolute Gasteiger partial charge is 0.0115 e. The first-order chi connectivity index (χ1) is 8.70. The molecule has 2 atom stereocenters. The van der Waals surface area contributed by atoms with Gasteiger partial charge in [0.1, 0.15) is 0 Å². The van der Waals surface area contributed by atoms with Gasteiger partial charge in [0.2, 0.25) is 0 Å². The van der Waals surface area contributed by atoms with Crippen molar-refractivity contribution in [3.63, 3.8) is 0 Å². The van der Waals surface area contributed by atoms with Gasteiger partial charge in [-0.2, -0.15) is 0 Å². The van der Waals surface area contributed by atoms with Crippen molar-refractivity contribution in [2.75, 3.05) is 52.4 Å². The minimum atomic E-state index is 0. The minimum Gasteiger partial charge on any atom is -0.329 e. The molecule has 2 rings (SSSR count). The van der Waals surface area contributed by atoms with Crippen LogP contribution in [0.25, 0.3) is 0 Å². The summed E-state index contributed by atoms with van der Waals surface area (Å²) in [6.07, 6.45) is 2.76. The molecular weight excluding hydrogens is 295 g/mol. The van der Waals surface area contributed by atoms with Crippen LogP contribution < -0.4 is 5.73 Å². The van der Waals surface area contributed by atoms with E-state index in [1.165, 1.54) is 52.1 Å². The van der Waals surface area contributed by atoms with Crippen molar-refractivity contribution in [2.45, 2.75) is 38.8 Å². The van der Waals surface area contributed by atoms with Gasteiger partial charge in [-0.15, -0.1) is 24.8 Å². The topological polar surface area (TPSA) is 35.7 Å². The molecule has 0 amide bonds. The molecule has 2 saturated heterocycles. The molecule has 2 N–H and O–H groups in total. The van der Waals surface area contributed by atoms with Crippen LogP contribution in [0, 0.1) is 0 Å². The van der Waals surface area contributed by atoms with E-state index in [1.807, 2.05) is 0 Å². The molecule has 2 aliphatic rings. The number of nitrogens with zero attached hydrogens (tertiary/aromatic N) is 3. The van der Waals surface area contributed by atoms with E-state index in [4.69, 9.17) is 5.73 Å². The Morgan fingerprint density at radius 2 is 1.25 bits per heavy atom. The fourth-order valence-corrected chi connectivity index (χ4v) is 3.37. The number of nitrogens with two attached hydrogens (primary N) is 1. The summed E-state index contributed by atoms with van der Waals surface area (Å²) in [7, 11) is 0. The van der Waals surface area contributed by atoms with Gasteiger partial charge >= 0.3 is 0 Å². The number of rotatable bonds is 5. The van der Waals surface area contributed by atoms with Crippen LogP contribution >= 0.6 is 24.8 Å². The highest BCUT2D eigenvalue weighted by atomic mass is 35.5. The van der Waals surface area contributed by atoms with Crippen LogP contribution in [-0.4, -0.2) is 79.1 Å². The number of hydrogen-bond donors (Lipinski definition) is 1. The normalized spacial score (nSPS) is 28.9. The van der Waals surface area contributed by atoms with Crippen LogP contribution in [0.1, 0.15) is 26.7 Å². The largest absolute Gasteiger partial charge is 0.329 e. The molecule has 6 heteroatoms. The minimum absolute atomic E-state index is 0. The highest BCUT2D eigenvalue weighted by molar-refractivity contribution is 5.85. The van der Waals surface area contributed by atoms with Gasteiger partial charge in [-0.05, 0) is 26.7 Å². The maximum atomic E-state index is 5.60. The van der Waals surface area contributed by atoms with Crippen LogP contribution in [0.5, 0.6) is 0 Å². The summed E-state index contributed by atoms with van der Waals surface area (Å²) < 4.78 is 0. The van der Waals surface area contributed by atoms with Crippen molar-refractivity contribution in [2.24, 2.45) is 5.73 Å². The van der Waals surface area contributed by atoms with Gasteiger partial charge in [-0.3, -0.25) is 14.7 Å². The first kappa shape index (κ1) is 20.4. The third-order valence-corrected chi connectivity index (χ3v) is 4.72. The lowest BCUT2D eigenvalue weighted by atomic mass is 10.2. The van der Waals surface area contributed by atoms with Crippen molar-refractivity contribution >= 4 is 24.8 Å². The lowest BCUT2D eigenvalue weighted by Crippen LogP contribution is -2.50. The third-order valence-electron chi connectivity index (χ3n) is 4.72. The molecule has 0 saturated carbocycles. The molecule has 2 unspecified atom stereocenters. The summed E-state index contributed by atoms with van der Waals surface area (Å²) in [6.45, 7) is 13.9. The maximum Gasteiger partial charge on any atom is 0.0115 e. The van der Waals surface area contributed by atoms with Crippen molar-refractivity contribution in [1.82, 2.24) is 14.7 Å². The molecule has 0 aliphatic carbocycles. The Balaban J connectivity index is 0.00000180. The summed E-state index contributed by atoms with van der Waals surface area (Å²) in [5, 5.41) is 0. The molecule has 4 nitrogen and oxygen atoms in total. The van der Waals surface area contributed by atoms with E-state index in [9.17, 15) is 0 Å². The van der Waals surface area contributed by atoms with Gasteiger partial charge in [0, 0.05) is 64.4 Å². The van der Waals surface area contributed by atoms with Crippen LogP contribution in [-0.2, 0) is 0 Å². The molecule has 2 aliphatic heterocycles. The van der Waals surface area contributed by atoms with E-state index in [-0.39, 0.29) is 24.8 Å². The van der Waals surface area contributed by atoms with Crippen LogP contribution in [0.15, 0.2) is 0 Å². The molecule has 0 radical (unpaired) electrons. The zero-order valence-corrected chi connectivity index (χ0v) is 14.6.